The quantitative estimate of drug-likeness (QED) is 0.564. The predicted molar refractivity (Wildman–Crippen MR) is 110 cm³/mol. The van der Waals surface area contributed by atoms with E-state index < -0.39 is 6.10 Å². The molecule has 5 nitrogen and oxygen atoms in total. The fourth-order valence-corrected chi connectivity index (χ4v) is 4.41. The van der Waals surface area contributed by atoms with E-state index in [2.05, 4.69) is 6.92 Å². The maximum Gasteiger partial charge on any atom is 0.237 e. The number of benzene rings is 2. The number of hydrogen-bond acceptors (Lipinski definition) is 4. The molecule has 1 aliphatic heterocycles. The number of rotatable bonds is 5. The minimum atomic E-state index is -0.636. The molecule has 0 aromatic heterocycles. The molecule has 0 radical (unpaired) electrons. The van der Waals surface area contributed by atoms with Gasteiger partial charge in [0.1, 0.15) is 5.75 Å². The molecule has 2 aromatic rings. The number of anilines is 1. The number of Topliss-reactive ketones (excluding diaryl/α,β-unsaturated/α-hetero) is 1. The second-order valence-corrected chi connectivity index (χ2v) is 8.13. The van der Waals surface area contributed by atoms with Crippen molar-refractivity contribution in [1.82, 2.24) is 0 Å². The highest BCUT2D eigenvalue weighted by Gasteiger charge is 2.49. The number of amides is 2. The molecule has 0 N–H and O–H groups in total. The highest BCUT2D eigenvalue weighted by molar-refractivity contribution is 6.22. The summed E-state index contributed by atoms with van der Waals surface area (Å²) in [7, 11) is 0. The number of fused-ring (bicyclic) bond motifs is 1. The van der Waals surface area contributed by atoms with Crippen molar-refractivity contribution in [2.75, 3.05) is 4.90 Å². The Bertz CT molecular complexity index is 922. The maximum absolute atomic E-state index is 12.8. The molecule has 2 fully saturated rings. The number of ether oxygens (including phenoxy) is 1. The first-order valence-electron chi connectivity index (χ1n) is 10.2. The van der Waals surface area contributed by atoms with Crippen molar-refractivity contribution in [2.45, 2.75) is 39.2 Å². The fourth-order valence-electron chi connectivity index (χ4n) is 4.41. The zero-order chi connectivity index (χ0) is 20.5. The van der Waals surface area contributed by atoms with Gasteiger partial charge >= 0.3 is 0 Å². The number of carbonyl (C=O) groups excluding carboxylic acids is 3. The van der Waals surface area contributed by atoms with Gasteiger partial charge in [0.2, 0.25) is 17.6 Å². The lowest BCUT2D eigenvalue weighted by atomic mass is 9.76. The summed E-state index contributed by atoms with van der Waals surface area (Å²) < 4.78 is 5.77. The van der Waals surface area contributed by atoms with Crippen molar-refractivity contribution >= 4 is 23.3 Å². The Labute approximate surface area is 170 Å². The largest absolute Gasteiger partial charge is 0.483 e. The summed E-state index contributed by atoms with van der Waals surface area (Å²) in [5.41, 5.74) is 1.16. The number of ketones is 1. The molecule has 5 heteroatoms. The van der Waals surface area contributed by atoms with Crippen LogP contribution >= 0.6 is 0 Å². The molecule has 0 bridgehead atoms. The van der Waals surface area contributed by atoms with E-state index in [9.17, 15) is 14.4 Å². The third-order valence-corrected chi connectivity index (χ3v) is 6.02. The SMILES string of the molecule is C[C@@H]1CC[C@@H]2C(=O)N(c3ccc(O[C@@H](C)C(=O)c4ccccc4)cc3)C(=O)[C@@H]2C1. The van der Waals surface area contributed by atoms with Crippen LogP contribution in [-0.4, -0.2) is 23.7 Å². The highest BCUT2D eigenvalue weighted by Crippen LogP contribution is 2.42. The predicted octanol–water partition coefficient (Wildman–Crippen LogP) is 4.26. The summed E-state index contributed by atoms with van der Waals surface area (Å²) in [6.07, 6.45) is 1.93. The first kappa shape index (κ1) is 19.4. The molecule has 2 amide bonds. The van der Waals surface area contributed by atoms with Crippen molar-refractivity contribution < 1.29 is 19.1 Å². The van der Waals surface area contributed by atoms with Gasteiger partial charge in [0, 0.05) is 5.56 Å². The summed E-state index contributed by atoms with van der Waals surface area (Å²) in [6.45, 7) is 3.85. The van der Waals surface area contributed by atoms with Gasteiger partial charge in [-0.25, -0.2) is 0 Å². The molecule has 0 unspecified atom stereocenters. The van der Waals surface area contributed by atoms with Gasteiger partial charge in [-0.05, 0) is 56.4 Å². The average Bonchev–Trinajstić information content (AvgIpc) is 2.98. The second kappa shape index (κ2) is 7.82. The van der Waals surface area contributed by atoms with Crippen LogP contribution in [0.5, 0.6) is 5.75 Å². The van der Waals surface area contributed by atoms with Gasteiger partial charge in [0.05, 0.1) is 17.5 Å². The standard InChI is InChI=1S/C24H25NO4/c1-15-8-13-20-21(14-15)24(28)25(23(20)27)18-9-11-19(12-10-18)29-16(2)22(26)17-6-4-3-5-7-17/h3-7,9-12,15-16,20-21H,8,13-14H2,1-2H3/t15-,16+,20+,21-/m1/s1. The van der Waals surface area contributed by atoms with Crippen molar-refractivity contribution in [3.05, 3.63) is 60.2 Å². The lowest BCUT2D eigenvalue weighted by Gasteiger charge is -2.25. The summed E-state index contributed by atoms with van der Waals surface area (Å²) in [5, 5.41) is 0. The highest BCUT2D eigenvalue weighted by atomic mass is 16.5. The first-order valence-corrected chi connectivity index (χ1v) is 10.2. The van der Waals surface area contributed by atoms with Gasteiger partial charge in [0.25, 0.3) is 0 Å². The monoisotopic (exact) mass is 391 g/mol. The van der Waals surface area contributed by atoms with Gasteiger partial charge in [-0.3, -0.25) is 19.3 Å². The van der Waals surface area contributed by atoms with Crippen molar-refractivity contribution in [3.63, 3.8) is 0 Å². The molecular weight excluding hydrogens is 366 g/mol. The van der Waals surface area contributed by atoms with Crippen molar-refractivity contribution in [1.29, 1.82) is 0 Å². The maximum atomic E-state index is 12.8. The van der Waals surface area contributed by atoms with E-state index in [-0.39, 0.29) is 29.4 Å². The molecule has 1 aliphatic carbocycles. The molecule has 4 rings (SSSR count). The third kappa shape index (κ3) is 3.69. The van der Waals surface area contributed by atoms with Crippen molar-refractivity contribution in [2.24, 2.45) is 17.8 Å². The van der Waals surface area contributed by atoms with Gasteiger partial charge in [-0.1, -0.05) is 37.3 Å². The molecule has 29 heavy (non-hydrogen) atoms. The minimum absolute atomic E-state index is 0.0896. The number of imide groups is 1. The second-order valence-electron chi connectivity index (χ2n) is 8.13. The van der Waals surface area contributed by atoms with E-state index in [1.165, 1.54) is 4.90 Å². The van der Waals surface area contributed by atoms with Gasteiger partial charge in [-0.2, -0.15) is 0 Å². The number of hydrogen-bond donors (Lipinski definition) is 0. The van der Waals surface area contributed by atoms with Crippen LogP contribution in [0.3, 0.4) is 0 Å². The fraction of sp³-hybridized carbons (Fsp3) is 0.375. The molecule has 4 atom stereocenters. The number of carbonyl (C=O) groups is 3. The van der Waals surface area contributed by atoms with Crippen LogP contribution < -0.4 is 9.64 Å². The molecule has 0 spiro atoms. The number of nitrogens with zero attached hydrogens (tertiary/aromatic N) is 1. The molecule has 2 aromatic carbocycles. The van der Waals surface area contributed by atoms with E-state index >= 15 is 0 Å². The van der Waals surface area contributed by atoms with E-state index in [4.69, 9.17) is 4.74 Å². The van der Waals surface area contributed by atoms with Gasteiger partial charge < -0.3 is 4.74 Å². The van der Waals surface area contributed by atoms with Crippen LogP contribution in [0.15, 0.2) is 54.6 Å². The van der Waals surface area contributed by atoms with Crippen molar-refractivity contribution in [3.8, 4) is 5.75 Å². The zero-order valence-electron chi connectivity index (χ0n) is 16.7. The summed E-state index contributed by atoms with van der Waals surface area (Å²) in [4.78, 5) is 39.4. The van der Waals surface area contributed by atoms with Crippen LogP contribution in [0.1, 0.15) is 43.5 Å². The average molecular weight is 391 g/mol. The Balaban J connectivity index is 1.46. The lowest BCUT2D eigenvalue weighted by Crippen LogP contribution is -2.30. The Hall–Kier alpha value is -2.95. The first-order chi connectivity index (χ1) is 14.0. The van der Waals surface area contributed by atoms with E-state index in [1.807, 2.05) is 18.2 Å². The van der Waals surface area contributed by atoms with E-state index in [0.717, 1.165) is 19.3 Å². The van der Waals surface area contributed by atoms with E-state index in [0.29, 0.717) is 22.9 Å². The molecule has 1 saturated carbocycles. The van der Waals surface area contributed by atoms with Crippen LogP contribution in [0.2, 0.25) is 0 Å². The minimum Gasteiger partial charge on any atom is -0.483 e. The van der Waals surface area contributed by atoms with Gasteiger partial charge in [0.15, 0.2) is 6.10 Å². The lowest BCUT2D eigenvalue weighted by molar-refractivity contribution is -0.122. The molecule has 2 aliphatic rings. The van der Waals surface area contributed by atoms with Gasteiger partial charge in [-0.15, -0.1) is 0 Å². The summed E-state index contributed by atoms with van der Waals surface area (Å²) >= 11 is 0. The van der Waals surface area contributed by atoms with Crippen LogP contribution in [0.4, 0.5) is 5.69 Å². The van der Waals surface area contributed by atoms with Crippen LogP contribution in [0.25, 0.3) is 0 Å². The Kier molecular flexibility index (Phi) is 5.22. The Morgan fingerprint density at radius 2 is 1.62 bits per heavy atom. The zero-order valence-corrected chi connectivity index (χ0v) is 16.7. The summed E-state index contributed by atoms with van der Waals surface area (Å²) in [6, 6.07) is 15.8. The topological polar surface area (TPSA) is 63.7 Å². The molecule has 1 heterocycles. The Morgan fingerprint density at radius 3 is 2.31 bits per heavy atom. The Morgan fingerprint density at radius 1 is 0.966 bits per heavy atom. The summed E-state index contributed by atoms with van der Waals surface area (Å²) in [5.74, 6) is 0.352. The normalized spacial score (nSPS) is 24.9. The molecule has 150 valence electrons. The molecular formula is C24H25NO4. The van der Waals surface area contributed by atoms with Crippen LogP contribution in [-0.2, 0) is 9.59 Å². The smallest absolute Gasteiger partial charge is 0.237 e. The third-order valence-electron chi connectivity index (χ3n) is 6.02. The van der Waals surface area contributed by atoms with Crippen LogP contribution in [0, 0.1) is 17.8 Å². The van der Waals surface area contributed by atoms with E-state index in [1.54, 1.807) is 43.3 Å². The molecule has 1 saturated heterocycles.